The van der Waals surface area contributed by atoms with E-state index >= 15 is 0 Å². The molecule has 1 heterocycles. The Kier molecular flexibility index (Phi) is 5.60. The summed E-state index contributed by atoms with van der Waals surface area (Å²) in [6, 6.07) is 12.7. The molecule has 1 unspecified atom stereocenters. The number of aromatic nitrogens is 2. The van der Waals surface area contributed by atoms with Crippen LogP contribution in [0.15, 0.2) is 51.7 Å². The summed E-state index contributed by atoms with van der Waals surface area (Å²) in [6.07, 6.45) is 0. The second-order valence-corrected chi connectivity index (χ2v) is 7.13. The summed E-state index contributed by atoms with van der Waals surface area (Å²) in [6.45, 7) is 3.58. The summed E-state index contributed by atoms with van der Waals surface area (Å²) in [5.74, 6) is 0.443. The molecule has 1 amide bonds. The fourth-order valence-corrected chi connectivity index (χ4v) is 3.53. The van der Waals surface area contributed by atoms with Crippen molar-refractivity contribution in [2.75, 3.05) is 7.11 Å². The number of carbonyl (C=O) groups excluding carboxylic acids is 1. The molecule has 0 aliphatic heterocycles. The third-order valence-electron chi connectivity index (χ3n) is 4.40. The van der Waals surface area contributed by atoms with Gasteiger partial charge in [-0.1, -0.05) is 24.3 Å². The van der Waals surface area contributed by atoms with Crippen LogP contribution >= 0.6 is 15.9 Å². The normalized spacial score (nSPS) is 12.0. The van der Waals surface area contributed by atoms with E-state index in [9.17, 15) is 9.59 Å². The monoisotopic (exact) mass is 429 g/mol. The molecule has 6 nitrogen and oxygen atoms in total. The van der Waals surface area contributed by atoms with Gasteiger partial charge in [-0.3, -0.25) is 9.59 Å². The van der Waals surface area contributed by atoms with Crippen LogP contribution < -0.4 is 15.6 Å². The van der Waals surface area contributed by atoms with Gasteiger partial charge >= 0.3 is 0 Å². The average Bonchev–Trinajstić information content (AvgIpc) is 2.65. The predicted octanol–water partition coefficient (Wildman–Crippen LogP) is 3.35. The quantitative estimate of drug-likeness (QED) is 0.674. The molecular formula is C20H20BrN3O3. The third-order valence-corrected chi connectivity index (χ3v) is 5.02. The lowest BCUT2D eigenvalue weighted by Crippen LogP contribution is -2.35. The van der Waals surface area contributed by atoms with Gasteiger partial charge in [-0.25, -0.2) is 4.68 Å². The van der Waals surface area contributed by atoms with E-state index in [4.69, 9.17) is 4.74 Å². The molecule has 7 heteroatoms. The molecule has 3 rings (SSSR count). The maximum absolute atomic E-state index is 12.6. The second-order valence-electron chi connectivity index (χ2n) is 6.28. The van der Waals surface area contributed by atoms with Crippen LogP contribution in [0.4, 0.5) is 0 Å². The molecular weight excluding hydrogens is 410 g/mol. The number of amides is 1. The molecule has 140 valence electrons. The molecule has 2 aromatic carbocycles. The average molecular weight is 430 g/mol. The number of rotatable bonds is 5. The number of carbonyl (C=O) groups is 1. The van der Waals surface area contributed by atoms with Gasteiger partial charge in [0.15, 0.2) is 0 Å². The van der Waals surface area contributed by atoms with E-state index in [-0.39, 0.29) is 24.1 Å². The highest BCUT2D eigenvalue weighted by molar-refractivity contribution is 9.10. The zero-order valence-corrected chi connectivity index (χ0v) is 16.9. The number of ether oxygens (including phenoxy) is 1. The molecule has 1 aromatic heterocycles. The number of aryl methyl sites for hydroxylation is 1. The standard InChI is InChI=1S/C20H20BrN3O3/c1-12(14-8-9-18(27-3)17(21)10-14)22-19(25)11-24-20(26)16-7-5-4-6-15(16)13(2)23-24/h4-10,12H,11H2,1-3H3,(H,22,25). The molecule has 1 atom stereocenters. The predicted molar refractivity (Wildman–Crippen MR) is 108 cm³/mol. The highest BCUT2D eigenvalue weighted by atomic mass is 79.9. The van der Waals surface area contributed by atoms with Crippen LogP contribution in [0.1, 0.15) is 24.2 Å². The SMILES string of the molecule is COc1ccc(C(C)NC(=O)Cn2nc(C)c3ccccc3c2=O)cc1Br. The lowest BCUT2D eigenvalue weighted by atomic mass is 10.1. The summed E-state index contributed by atoms with van der Waals surface area (Å²) >= 11 is 3.44. The Morgan fingerprint density at radius 1 is 1.26 bits per heavy atom. The molecule has 0 radical (unpaired) electrons. The van der Waals surface area contributed by atoms with Crippen molar-refractivity contribution in [2.45, 2.75) is 26.4 Å². The van der Waals surface area contributed by atoms with Gasteiger partial charge in [0.05, 0.1) is 28.7 Å². The summed E-state index contributed by atoms with van der Waals surface area (Å²) in [4.78, 5) is 25.0. The highest BCUT2D eigenvalue weighted by Gasteiger charge is 2.14. The van der Waals surface area contributed by atoms with Crippen LogP contribution in [-0.4, -0.2) is 22.8 Å². The first-order valence-electron chi connectivity index (χ1n) is 8.50. The Hall–Kier alpha value is -2.67. The number of nitrogens with one attached hydrogen (secondary N) is 1. The van der Waals surface area contributed by atoms with Gasteiger partial charge in [0.2, 0.25) is 5.91 Å². The van der Waals surface area contributed by atoms with Gasteiger partial charge in [-0.05, 0) is 53.5 Å². The minimum absolute atomic E-state index is 0.133. The summed E-state index contributed by atoms with van der Waals surface area (Å²) in [5, 5.41) is 8.54. The number of fused-ring (bicyclic) bond motifs is 1. The lowest BCUT2D eigenvalue weighted by Gasteiger charge is -2.16. The van der Waals surface area contributed by atoms with Gasteiger partial charge in [0, 0.05) is 5.39 Å². The van der Waals surface area contributed by atoms with Crippen LogP contribution in [0.25, 0.3) is 10.8 Å². The van der Waals surface area contributed by atoms with E-state index in [0.717, 1.165) is 21.2 Å². The minimum atomic E-state index is -0.279. The Labute approximate surface area is 165 Å². The maximum Gasteiger partial charge on any atom is 0.275 e. The Bertz CT molecular complexity index is 1060. The van der Waals surface area contributed by atoms with Gasteiger partial charge in [0.25, 0.3) is 5.56 Å². The third kappa shape index (κ3) is 4.03. The van der Waals surface area contributed by atoms with Crippen molar-refractivity contribution in [1.29, 1.82) is 0 Å². The highest BCUT2D eigenvalue weighted by Crippen LogP contribution is 2.27. The first kappa shape index (κ1) is 19.1. The topological polar surface area (TPSA) is 73.2 Å². The van der Waals surface area contributed by atoms with Crippen LogP contribution in [0.2, 0.25) is 0 Å². The zero-order chi connectivity index (χ0) is 19.6. The maximum atomic E-state index is 12.6. The van der Waals surface area contributed by atoms with Crippen molar-refractivity contribution in [3.8, 4) is 5.75 Å². The van der Waals surface area contributed by atoms with Crippen molar-refractivity contribution in [3.05, 3.63) is 68.5 Å². The van der Waals surface area contributed by atoms with Crippen LogP contribution in [0.3, 0.4) is 0 Å². The largest absolute Gasteiger partial charge is 0.496 e. The number of nitrogens with zero attached hydrogens (tertiary/aromatic N) is 2. The first-order valence-corrected chi connectivity index (χ1v) is 9.29. The fourth-order valence-electron chi connectivity index (χ4n) is 2.97. The molecule has 0 bridgehead atoms. The molecule has 0 spiro atoms. The number of benzene rings is 2. The van der Waals surface area contributed by atoms with E-state index in [1.807, 2.05) is 44.2 Å². The number of methoxy groups -OCH3 is 1. The van der Waals surface area contributed by atoms with Crippen molar-refractivity contribution in [1.82, 2.24) is 15.1 Å². The van der Waals surface area contributed by atoms with Gasteiger partial charge in [0.1, 0.15) is 12.3 Å². The van der Waals surface area contributed by atoms with E-state index in [0.29, 0.717) is 11.1 Å². The van der Waals surface area contributed by atoms with E-state index in [1.165, 1.54) is 4.68 Å². The fraction of sp³-hybridized carbons (Fsp3) is 0.250. The van der Waals surface area contributed by atoms with Crippen LogP contribution in [0, 0.1) is 6.92 Å². The molecule has 0 saturated heterocycles. The molecule has 27 heavy (non-hydrogen) atoms. The van der Waals surface area contributed by atoms with Crippen molar-refractivity contribution in [3.63, 3.8) is 0 Å². The van der Waals surface area contributed by atoms with Crippen LogP contribution in [-0.2, 0) is 11.3 Å². The van der Waals surface area contributed by atoms with Gasteiger partial charge in [-0.2, -0.15) is 5.10 Å². The van der Waals surface area contributed by atoms with E-state index in [2.05, 4.69) is 26.3 Å². The smallest absolute Gasteiger partial charge is 0.275 e. The van der Waals surface area contributed by atoms with E-state index in [1.54, 1.807) is 19.2 Å². The molecule has 3 aromatic rings. The molecule has 1 N–H and O–H groups in total. The minimum Gasteiger partial charge on any atom is -0.496 e. The Balaban J connectivity index is 1.78. The lowest BCUT2D eigenvalue weighted by molar-refractivity contribution is -0.122. The summed E-state index contributed by atoms with van der Waals surface area (Å²) in [7, 11) is 1.60. The summed E-state index contributed by atoms with van der Waals surface area (Å²) < 4.78 is 7.24. The first-order chi connectivity index (χ1) is 12.9. The molecule has 0 aliphatic rings. The van der Waals surface area contributed by atoms with Gasteiger partial charge < -0.3 is 10.1 Å². The van der Waals surface area contributed by atoms with E-state index < -0.39 is 0 Å². The number of hydrogen-bond acceptors (Lipinski definition) is 4. The number of halogens is 1. The van der Waals surface area contributed by atoms with Crippen molar-refractivity contribution < 1.29 is 9.53 Å². The molecule has 0 saturated carbocycles. The van der Waals surface area contributed by atoms with Gasteiger partial charge in [-0.15, -0.1) is 0 Å². The van der Waals surface area contributed by atoms with Crippen LogP contribution in [0.5, 0.6) is 5.75 Å². The summed E-state index contributed by atoms with van der Waals surface area (Å²) in [5.41, 5.74) is 1.36. The van der Waals surface area contributed by atoms with Crippen molar-refractivity contribution in [2.24, 2.45) is 0 Å². The Morgan fingerprint density at radius 3 is 2.63 bits per heavy atom. The number of hydrogen-bond donors (Lipinski definition) is 1. The second kappa shape index (κ2) is 7.92. The Morgan fingerprint density at radius 2 is 1.96 bits per heavy atom. The molecule has 0 fully saturated rings. The van der Waals surface area contributed by atoms with Crippen molar-refractivity contribution >= 4 is 32.6 Å². The zero-order valence-electron chi connectivity index (χ0n) is 15.3. The molecule has 0 aliphatic carbocycles.